The maximum absolute atomic E-state index is 13.3. The Hall–Kier alpha value is -3.71. The highest BCUT2D eigenvalue weighted by atomic mass is 32.2. The third-order valence-corrected chi connectivity index (χ3v) is 7.80. The molecule has 1 aliphatic rings. The van der Waals surface area contributed by atoms with Crippen LogP contribution in [0.15, 0.2) is 77.8 Å². The normalized spacial score (nSPS) is 14.8. The number of sulfonamides is 1. The molecule has 2 aromatic carbocycles. The molecule has 1 fully saturated rings. The zero-order valence-electron chi connectivity index (χ0n) is 21.9. The van der Waals surface area contributed by atoms with Gasteiger partial charge in [0.15, 0.2) is 0 Å². The fraction of sp³-hybridized carbons (Fsp3) is 0.321. The van der Waals surface area contributed by atoms with E-state index in [0.717, 1.165) is 25.2 Å². The van der Waals surface area contributed by atoms with E-state index in [2.05, 4.69) is 25.2 Å². The summed E-state index contributed by atoms with van der Waals surface area (Å²) in [5, 5.41) is 5.33. The third-order valence-electron chi connectivity index (χ3n) is 6.36. The van der Waals surface area contributed by atoms with Gasteiger partial charge in [0.2, 0.25) is 15.9 Å². The molecule has 212 valence electrons. The number of amides is 2. The van der Waals surface area contributed by atoms with Crippen LogP contribution in [0.1, 0.15) is 22.3 Å². The lowest BCUT2D eigenvalue weighted by Gasteiger charge is -2.26. The summed E-state index contributed by atoms with van der Waals surface area (Å²) in [6.07, 6.45) is 2.02. The Morgan fingerprint density at radius 1 is 1.00 bits per heavy atom. The molecule has 0 aliphatic carbocycles. The quantitative estimate of drug-likeness (QED) is 0.285. The smallest absolute Gasteiger partial charge is 0.251 e. The maximum Gasteiger partial charge on any atom is 0.251 e. The number of hydrogen-bond donors (Lipinski definition) is 3. The summed E-state index contributed by atoms with van der Waals surface area (Å²) in [6.45, 7) is 4.11. The predicted octanol–water partition coefficient (Wildman–Crippen LogP) is 2.20. The molecule has 40 heavy (non-hydrogen) atoms. The number of morpholine rings is 1. The van der Waals surface area contributed by atoms with Gasteiger partial charge in [0, 0.05) is 37.8 Å². The zero-order valence-corrected chi connectivity index (χ0v) is 22.7. The maximum atomic E-state index is 13.3. The van der Waals surface area contributed by atoms with Crippen LogP contribution in [0.4, 0.5) is 10.2 Å². The van der Waals surface area contributed by atoms with Crippen LogP contribution in [-0.4, -0.2) is 75.6 Å². The number of halogens is 1. The first-order chi connectivity index (χ1) is 19.3. The van der Waals surface area contributed by atoms with Crippen molar-refractivity contribution in [2.24, 2.45) is 0 Å². The fourth-order valence-electron chi connectivity index (χ4n) is 4.15. The number of aromatic nitrogens is 1. The standard InChI is InChI=1S/C28H32FN5O5S/c29-23-9-7-22(8-10-23)27(35)32-25(19-21-5-2-1-3-6-21)28(36)33-26-12-11-24(20-30-26)40(37,38)31-13-4-14-34-15-17-39-18-16-34/h1-3,5-12,20,25,31H,4,13-19H2,(H,32,35)(H,30,33,36)/t25-/m0/s1. The number of anilines is 1. The molecule has 0 bridgehead atoms. The molecule has 0 spiro atoms. The Morgan fingerprint density at radius 3 is 2.40 bits per heavy atom. The first-order valence-corrected chi connectivity index (χ1v) is 14.5. The van der Waals surface area contributed by atoms with Crippen LogP contribution in [0.25, 0.3) is 0 Å². The zero-order chi connectivity index (χ0) is 28.4. The van der Waals surface area contributed by atoms with Crippen molar-refractivity contribution < 1.29 is 27.1 Å². The molecular weight excluding hydrogens is 537 g/mol. The minimum atomic E-state index is -3.77. The third kappa shape index (κ3) is 8.65. The van der Waals surface area contributed by atoms with Gasteiger partial charge in [-0.05, 0) is 54.9 Å². The van der Waals surface area contributed by atoms with Crippen LogP contribution < -0.4 is 15.4 Å². The van der Waals surface area contributed by atoms with Crippen LogP contribution in [0.2, 0.25) is 0 Å². The number of hydrogen-bond acceptors (Lipinski definition) is 7. The van der Waals surface area contributed by atoms with E-state index >= 15 is 0 Å². The Balaban J connectivity index is 1.36. The Labute approximate surface area is 233 Å². The predicted molar refractivity (Wildman–Crippen MR) is 148 cm³/mol. The van der Waals surface area contributed by atoms with E-state index in [1.54, 1.807) is 0 Å². The second-order valence-corrected chi connectivity index (χ2v) is 11.1. The molecule has 1 atom stereocenters. The summed E-state index contributed by atoms with van der Waals surface area (Å²) in [7, 11) is -3.77. The van der Waals surface area contributed by atoms with E-state index in [9.17, 15) is 22.4 Å². The lowest BCUT2D eigenvalue weighted by Crippen LogP contribution is -2.45. The first kappa shape index (κ1) is 29.3. The largest absolute Gasteiger partial charge is 0.379 e. The van der Waals surface area contributed by atoms with Crippen molar-refractivity contribution in [1.82, 2.24) is 19.9 Å². The van der Waals surface area contributed by atoms with E-state index in [1.165, 1.54) is 42.6 Å². The number of nitrogens with zero attached hydrogens (tertiary/aromatic N) is 2. The molecule has 1 aliphatic heterocycles. The second kappa shape index (κ2) is 14.1. The molecule has 0 saturated carbocycles. The molecule has 3 N–H and O–H groups in total. The highest BCUT2D eigenvalue weighted by Gasteiger charge is 2.23. The van der Waals surface area contributed by atoms with Gasteiger partial charge in [-0.25, -0.2) is 22.5 Å². The average Bonchev–Trinajstić information content (AvgIpc) is 2.97. The van der Waals surface area contributed by atoms with Crippen LogP contribution in [0, 0.1) is 5.82 Å². The molecule has 1 aromatic heterocycles. The van der Waals surface area contributed by atoms with Gasteiger partial charge in [0.05, 0.1) is 13.2 Å². The molecule has 3 aromatic rings. The van der Waals surface area contributed by atoms with Gasteiger partial charge in [0.1, 0.15) is 22.6 Å². The Kier molecular flexibility index (Phi) is 10.3. The lowest BCUT2D eigenvalue weighted by atomic mass is 10.0. The Morgan fingerprint density at radius 2 is 1.73 bits per heavy atom. The number of nitrogens with one attached hydrogen (secondary N) is 3. The van der Waals surface area contributed by atoms with Crippen LogP contribution in [0.3, 0.4) is 0 Å². The molecule has 4 rings (SSSR count). The summed E-state index contributed by atoms with van der Waals surface area (Å²) >= 11 is 0. The van der Waals surface area contributed by atoms with Crippen molar-refractivity contribution in [3.63, 3.8) is 0 Å². The number of ether oxygens (including phenoxy) is 1. The molecule has 1 saturated heterocycles. The second-order valence-electron chi connectivity index (χ2n) is 9.30. The van der Waals surface area contributed by atoms with Crippen LogP contribution in [-0.2, 0) is 26.0 Å². The average molecular weight is 570 g/mol. The van der Waals surface area contributed by atoms with Crippen molar-refractivity contribution in [1.29, 1.82) is 0 Å². The molecule has 2 heterocycles. The molecule has 12 heteroatoms. The van der Waals surface area contributed by atoms with Crippen molar-refractivity contribution in [2.45, 2.75) is 23.8 Å². The highest BCUT2D eigenvalue weighted by molar-refractivity contribution is 7.89. The summed E-state index contributed by atoms with van der Waals surface area (Å²) in [5.74, 6) is -1.42. The van der Waals surface area contributed by atoms with Gasteiger partial charge in [-0.15, -0.1) is 0 Å². The van der Waals surface area contributed by atoms with Gasteiger partial charge < -0.3 is 15.4 Å². The molecule has 10 nitrogen and oxygen atoms in total. The summed E-state index contributed by atoms with van der Waals surface area (Å²) in [4.78, 5) is 32.2. The van der Waals surface area contributed by atoms with E-state index in [-0.39, 0.29) is 29.2 Å². The van der Waals surface area contributed by atoms with Crippen molar-refractivity contribution in [2.75, 3.05) is 44.7 Å². The summed E-state index contributed by atoms with van der Waals surface area (Å²) in [6, 6.07) is 15.9. The summed E-state index contributed by atoms with van der Waals surface area (Å²) in [5.41, 5.74) is 1.02. The van der Waals surface area contributed by atoms with E-state index in [4.69, 9.17) is 4.74 Å². The monoisotopic (exact) mass is 569 g/mol. The van der Waals surface area contributed by atoms with Crippen LogP contribution in [0.5, 0.6) is 0 Å². The minimum Gasteiger partial charge on any atom is -0.379 e. The van der Waals surface area contributed by atoms with Crippen LogP contribution >= 0.6 is 0 Å². The van der Waals surface area contributed by atoms with E-state index < -0.39 is 33.7 Å². The number of pyridine rings is 1. The number of benzene rings is 2. The SMILES string of the molecule is O=C(N[C@@H](Cc1ccccc1)C(=O)Nc1ccc(S(=O)(=O)NCCCN2CCOCC2)cn1)c1ccc(F)cc1. The van der Waals surface area contributed by atoms with Gasteiger partial charge in [0.25, 0.3) is 5.91 Å². The summed E-state index contributed by atoms with van der Waals surface area (Å²) < 4.78 is 46.5. The topological polar surface area (TPSA) is 130 Å². The van der Waals surface area contributed by atoms with Crippen molar-refractivity contribution in [3.05, 3.63) is 89.9 Å². The Bertz CT molecular complexity index is 1370. The first-order valence-electron chi connectivity index (χ1n) is 13.0. The number of rotatable bonds is 12. The van der Waals surface area contributed by atoms with Gasteiger partial charge >= 0.3 is 0 Å². The highest BCUT2D eigenvalue weighted by Crippen LogP contribution is 2.13. The number of carbonyl (C=O) groups is 2. The fourth-order valence-corrected chi connectivity index (χ4v) is 5.16. The number of carbonyl (C=O) groups excluding carboxylic acids is 2. The van der Waals surface area contributed by atoms with Gasteiger partial charge in [-0.1, -0.05) is 30.3 Å². The lowest BCUT2D eigenvalue weighted by molar-refractivity contribution is -0.118. The molecule has 0 radical (unpaired) electrons. The molecule has 2 amide bonds. The van der Waals surface area contributed by atoms with Crippen molar-refractivity contribution >= 4 is 27.7 Å². The van der Waals surface area contributed by atoms with Crippen molar-refractivity contribution in [3.8, 4) is 0 Å². The van der Waals surface area contributed by atoms with E-state index in [0.29, 0.717) is 19.6 Å². The molecule has 0 unspecified atom stereocenters. The van der Waals surface area contributed by atoms with Gasteiger partial charge in [-0.2, -0.15) is 0 Å². The molecular formula is C28H32FN5O5S. The van der Waals surface area contributed by atoms with E-state index in [1.807, 2.05) is 30.3 Å². The van der Waals surface area contributed by atoms with Gasteiger partial charge in [-0.3, -0.25) is 14.5 Å². The minimum absolute atomic E-state index is 0.0256.